The first-order chi connectivity index (χ1) is 6.34. The Labute approximate surface area is 84.5 Å². The zero-order valence-electron chi connectivity index (χ0n) is 7.73. The van der Waals surface area contributed by atoms with Crippen LogP contribution in [-0.4, -0.2) is 11.7 Å². The number of rotatable bonds is 4. The molecular weight excluding hydrogens is 178 g/mol. The number of isothiocyanates is 1. The van der Waals surface area contributed by atoms with Crippen molar-refractivity contribution in [2.75, 3.05) is 6.54 Å². The van der Waals surface area contributed by atoms with Gasteiger partial charge < -0.3 is 0 Å². The van der Waals surface area contributed by atoms with E-state index in [0.29, 0.717) is 5.92 Å². The number of hydrogen-bond donors (Lipinski definition) is 0. The molecule has 1 aromatic rings. The van der Waals surface area contributed by atoms with Crippen LogP contribution in [0.15, 0.2) is 35.3 Å². The summed E-state index contributed by atoms with van der Waals surface area (Å²) in [5, 5.41) is 2.38. The summed E-state index contributed by atoms with van der Waals surface area (Å²) in [4.78, 5) is 3.90. The first-order valence-corrected chi connectivity index (χ1v) is 4.84. The summed E-state index contributed by atoms with van der Waals surface area (Å²) < 4.78 is 0. The van der Waals surface area contributed by atoms with Gasteiger partial charge in [0.15, 0.2) is 0 Å². The van der Waals surface area contributed by atoms with E-state index in [1.807, 2.05) is 6.07 Å². The first-order valence-electron chi connectivity index (χ1n) is 4.43. The third-order valence-electron chi connectivity index (χ3n) is 2.11. The minimum Gasteiger partial charge on any atom is -0.233 e. The third kappa shape index (κ3) is 3.49. The van der Waals surface area contributed by atoms with Gasteiger partial charge in [0.05, 0.1) is 5.16 Å². The summed E-state index contributed by atoms with van der Waals surface area (Å²) >= 11 is 4.50. The average molecular weight is 191 g/mol. The summed E-state index contributed by atoms with van der Waals surface area (Å²) in [5.41, 5.74) is 1.36. The minimum absolute atomic E-state index is 0.549. The van der Waals surface area contributed by atoms with Gasteiger partial charge in [-0.1, -0.05) is 37.3 Å². The van der Waals surface area contributed by atoms with Crippen LogP contribution in [0.3, 0.4) is 0 Å². The molecule has 2 heteroatoms. The Bertz CT molecular complexity index is 288. The predicted molar refractivity (Wildman–Crippen MR) is 59.4 cm³/mol. The maximum absolute atomic E-state index is 4.50. The molecule has 1 atom stereocenters. The Kier molecular flexibility index (Phi) is 4.37. The van der Waals surface area contributed by atoms with Crippen molar-refractivity contribution in [3.05, 3.63) is 35.9 Å². The number of thiocarbonyl (C=S) groups is 1. The Morgan fingerprint density at radius 3 is 2.69 bits per heavy atom. The van der Waals surface area contributed by atoms with E-state index < -0.39 is 0 Å². The van der Waals surface area contributed by atoms with Gasteiger partial charge in [-0.3, -0.25) is 0 Å². The van der Waals surface area contributed by atoms with Crippen molar-refractivity contribution in [1.29, 1.82) is 0 Å². The summed E-state index contributed by atoms with van der Waals surface area (Å²) in [6.45, 7) is 2.98. The summed E-state index contributed by atoms with van der Waals surface area (Å²) in [6.07, 6.45) is 1.04. The highest BCUT2D eigenvalue weighted by atomic mass is 32.1. The average Bonchev–Trinajstić information content (AvgIpc) is 2.19. The quantitative estimate of drug-likeness (QED) is 0.525. The highest BCUT2D eigenvalue weighted by Crippen LogP contribution is 2.17. The number of aliphatic imine (C=N–C) groups is 1. The van der Waals surface area contributed by atoms with Crippen molar-refractivity contribution in [3.8, 4) is 0 Å². The van der Waals surface area contributed by atoms with Gasteiger partial charge in [-0.25, -0.2) is 4.99 Å². The van der Waals surface area contributed by atoms with E-state index in [1.165, 1.54) is 5.56 Å². The van der Waals surface area contributed by atoms with Crippen LogP contribution in [0.1, 0.15) is 24.8 Å². The van der Waals surface area contributed by atoms with Crippen LogP contribution in [0.5, 0.6) is 0 Å². The fourth-order valence-electron chi connectivity index (χ4n) is 1.25. The molecule has 0 fully saturated rings. The van der Waals surface area contributed by atoms with E-state index in [2.05, 4.69) is 53.6 Å². The van der Waals surface area contributed by atoms with Crippen LogP contribution in [0.2, 0.25) is 0 Å². The second kappa shape index (κ2) is 5.63. The largest absolute Gasteiger partial charge is 0.233 e. The fraction of sp³-hybridized carbons (Fsp3) is 0.364. The van der Waals surface area contributed by atoms with Crippen molar-refractivity contribution in [2.45, 2.75) is 19.3 Å². The molecule has 0 bridgehead atoms. The molecule has 0 radical (unpaired) electrons. The summed E-state index contributed by atoms with van der Waals surface area (Å²) in [6, 6.07) is 10.4. The molecule has 1 nitrogen and oxygen atoms in total. The molecule has 0 aliphatic carbocycles. The van der Waals surface area contributed by atoms with E-state index >= 15 is 0 Å². The molecule has 0 aliphatic rings. The van der Waals surface area contributed by atoms with Crippen LogP contribution in [0, 0.1) is 0 Å². The fourth-order valence-corrected chi connectivity index (χ4v) is 1.34. The summed E-state index contributed by atoms with van der Waals surface area (Å²) in [7, 11) is 0. The standard InChI is InChI=1S/C11H13NS/c1-10(7-8-12-9-13)11-5-3-2-4-6-11/h2-6,10H,7-8H2,1H3. The van der Waals surface area contributed by atoms with Crippen LogP contribution < -0.4 is 0 Å². The van der Waals surface area contributed by atoms with Crippen LogP contribution >= 0.6 is 12.2 Å². The SMILES string of the molecule is CC(CCN=C=S)c1ccccc1. The molecule has 0 aromatic heterocycles. The lowest BCUT2D eigenvalue weighted by atomic mass is 9.98. The van der Waals surface area contributed by atoms with Gasteiger partial charge in [0, 0.05) is 6.54 Å². The Hall–Kier alpha value is -0.980. The number of hydrogen-bond acceptors (Lipinski definition) is 2. The minimum atomic E-state index is 0.549. The molecule has 1 rings (SSSR count). The maximum Gasteiger partial charge on any atom is 0.0584 e. The van der Waals surface area contributed by atoms with Crippen LogP contribution in [0.25, 0.3) is 0 Å². The normalized spacial score (nSPS) is 11.8. The van der Waals surface area contributed by atoms with Gasteiger partial charge in [0.1, 0.15) is 0 Å². The van der Waals surface area contributed by atoms with E-state index in [4.69, 9.17) is 0 Å². The molecule has 0 saturated heterocycles. The molecule has 0 spiro atoms. The lowest BCUT2D eigenvalue weighted by molar-refractivity contribution is 0.693. The Balaban J connectivity index is 2.48. The Morgan fingerprint density at radius 1 is 1.38 bits per heavy atom. The molecule has 0 amide bonds. The smallest absolute Gasteiger partial charge is 0.0584 e. The van der Waals surface area contributed by atoms with Gasteiger partial charge in [0.2, 0.25) is 0 Å². The molecule has 0 N–H and O–H groups in total. The van der Waals surface area contributed by atoms with Crippen molar-refractivity contribution >= 4 is 17.4 Å². The van der Waals surface area contributed by atoms with Crippen molar-refractivity contribution in [3.63, 3.8) is 0 Å². The van der Waals surface area contributed by atoms with Gasteiger partial charge in [-0.15, -0.1) is 0 Å². The molecule has 1 unspecified atom stereocenters. The lowest BCUT2D eigenvalue weighted by Gasteiger charge is -2.08. The monoisotopic (exact) mass is 191 g/mol. The van der Waals surface area contributed by atoms with Crippen LogP contribution in [0.4, 0.5) is 0 Å². The zero-order valence-corrected chi connectivity index (χ0v) is 8.55. The second-order valence-electron chi connectivity index (χ2n) is 3.07. The predicted octanol–water partition coefficient (Wildman–Crippen LogP) is 3.28. The van der Waals surface area contributed by atoms with Crippen molar-refractivity contribution in [1.82, 2.24) is 0 Å². The molecule has 0 heterocycles. The third-order valence-corrected chi connectivity index (χ3v) is 2.24. The second-order valence-corrected chi connectivity index (χ2v) is 3.26. The molecule has 13 heavy (non-hydrogen) atoms. The number of benzene rings is 1. The van der Waals surface area contributed by atoms with Crippen molar-refractivity contribution < 1.29 is 0 Å². The van der Waals surface area contributed by atoms with E-state index in [0.717, 1.165) is 13.0 Å². The molecule has 0 aliphatic heterocycles. The van der Waals surface area contributed by atoms with Gasteiger partial charge in [-0.2, -0.15) is 0 Å². The highest BCUT2D eigenvalue weighted by Gasteiger charge is 2.02. The summed E-state index contributed by atoms with van der Waals surface area (Å²) in [5.74, 6) is 0.549. The van der Waals surface area contributed by atoms with Crippen molar-refractivity contribution in [2.24, 2.45) is 4.99 Å². The van der Waals surface area contributed by atoms with Crippen LogP contribution in [-0.2, 0) is 0 Å². The van der Waals surface area contributed by atoms with Gasteiger partial charge >= 0.3 is 0 Å². The first kappa shape index (κ1) is 10.1. The highest BCUT2D eigenvalue weighted by molar-refractivity contribution is 7.78. The van der Waals surface area contributed by atoms with E-state index in [1.54, 1.807) is 0 Å². The Morgan fingerprint density at radius 2 is 2.08 bits per heavy atom. The zero-order chi connectivity index (χ0) is 9.52. The molecular formula is C11H13NS. The maximum atomic E-state index is 4.50. The number of nitrogens with zero attached hydrogens (tertiary/aromatic N) is 1. The van der Waals surface area contributed by atoms with Gasteiger partial charge in [-0.05, 0) is 30.1 Å². The van der Waals surface area contributed by atoms with E-state index in [9.17, 15) is 0 Å². The molecule has 0 saturated carbocycles. The lowest BCUT2D eigenvalue weighted by Crippen LogP contribution is -1.95. The topological polar surface area (TPSA) is 12.4 Å². The van der Waals surface area contributed by atoms with Gasteiger partial charge in [0.25, 0.3) is 0 Å². The van der Waals surface area contributed by atoms with E-state index in [-0.39, 0.29) is 0 Å². The molecule has 1 aromatic carbocycles. The molecule has 68 valence electrons.